The van der Waals surface area contributed by atoms with Gasteiger partial charge < -0.3 is 10.1 Å². The lowest BCUT2D eigenvalue weighted by molar-refractivity contribution is -0.129. The second-order valence-corrected chi connectivity index (χ2v) is 3.91. The maximum Gasteiger partial charge on any atom is 0.248 e. The fourth-order valence-electron chi connectivity index (χ4n) is 1.45. The molecule has 0 saturated carbocycles. The van der Waals surface area contributed by atoms with Gasteiger partial charge in [0.2, 0.25) is 5.91 Å². The summed E-state index contributed by atoms with van der Waals surface area (Å²) < 4.78 is 4.92. The number of rotatable bonds is 5. The highest BCUT2D eigenvalue weighted by atomic mass is 16.5. The van der Waals surface area contributed by atoms with Crippen LogP contribution >= 0.6 is 0 Å². The number of hydrogen-bond donors (Lipinski definition) is 1. The van der Waals surface area contributed by atoms with Crippen LogP contribution in [0.15, 0.2) is 24.3 Å². The van der Waals surface area contributed by atoms with Crippen LogP contribution in [-0.4, -0.2) is 25.7 Å². The van der Waals surface area contributed by atoms with Gasteiger partial charge in [-0.3, -0.25) is 4.79 Å². The highest BCUT2D eigenvalue weighted by molar-refractivity contribution is 5.80. The number of carbonyl (C=O) groups excluding carboxylic acids is 1. The summed E-state index contributed by atoms with van der Waals surface area (Å²) in [5, 5.41) is 2.84. The van der Waals surface area contributed by atoms with Crippen LogP contribution in [0.3, 0.4) is 0 Å². The van der Waals surface area contributed by atoms with Gasteiger partial charge in [0.1, 0.15) is 6.10 Å². The normalized spacial score (nSPS) is 12.2. The lowest BCUT2D eigenvalue weighted by Crippen LogP contribution is -2.35. The summed E-state index contributed by atoms with van der Waals surface area (Å²) in [6, 6.07) is 8.30. The van der Waals surface area contributed by atoms with Crippen LogP contribution in [0.5, 0.6) is 0 Å². The Morgan fingerprint density at radius 1 is 1.50 bits per heavy atom. The largest absolute Gasteiger partial charge is 0.372 e. The maximum atomic E-state index is 11.4. The lowest BCUT2D eigenvalue weighted by Gasteiger charge is -2.10. The standard InChI is InChI=1S/C13H19NO2/c1-10-5-4-6-12(9-10)7-8-14-13(15)11(2)16-3/h4-6,9,11H,7-8H2,1-3H3,(H,14,15). The summed E-state index contributed by atoms with van der Waals surface area (Å²) >= 11 is 0. The van der Waals surface area contributed by atoms with Gasteiger partial charge in [-0.1, -0.05) is 29.8 Å². The van der Waals surface area contributed by atoms with E-state index in [1.54, 1.807) is 6.92 Å². The van der Waals surface area contributed by atoms with Gasteiger partial charge in [0.25, 0.3) is 0 Å². The SMILES string of the molecule is COC(C)C(=O)NCCc1cccc(C)c1. The molecule has 1 atom stereocenters. The van der Waals surface area contributed by atoms with E-state index in [2.05, 4.69) is 30.4 Å². The van der Waals surface area contributed by atoms with Gasteiger partial charge in [-0.05, 0) is 25.8 Å². The van der Waals surface area contributed by atoms with Gasteiger partial charge >= 0.3 is 0 Å². The predicted molar refractivity (Wildman–Crippen MR) is 64.4 cm³/mol. The van der Waals surface area contributed by atoms with Crippen molar-refractivity contribution < 1.29 is 9.53 Å². The molecule has 1 unspecified atom stereocenters. The summed E-state index contributed by atoms with van der Waals surface area (Å²) in [7, 11) is 1.53. The summed E-state index contributed by atoms with van der Waals surface area (Å²) in [4.78, 5) is 11.4. The van der Waals surface area contributed by atoms with Gasteiger partial charge in [-0.2, -0.15) is 0 Å². The number of amides is 1. The second kappa shape index (κ2) is 6.28. The van der Waals surface area contributed by atoms with Crippen molar-refractivity contribution in [2.24, 2.45) is 0 Å². The molecule has 0 aromatic heterocycles. The Hall–Kier alpha value is -1.35. The number of aryl methyl sites for hydroxylation is 1. The van der Waals surface area contributed by atoms with Crippen LogP contribution in [0.25, 0.3) is 0 Å². The third kappa shape index (κ3) is 4.03. The minimum absolute atomic E-state index is 0.0600. The molecule has 3 nitrogen and oxygen atoms in total. The van der Waals surface area contributed by atoms with Gasteiger partial charge in [0, 0.05) is 13.7 Å². The van der Waals surface area contributed by atoms with Crippen LogP contribution in [0.2, 0.25) is 0 Å². The average Bonchev–Trinajstić information content (AvgIpc) is 2.28. The van der Waals surface area contributed by atoms with E-state index >= 15 is 0 Å². The van der Waals surface area contributed by atoms with Crippen molar-refractivity contribution in [2.75, 3.05) is 13.7 Å². The fraction of sp³-hybridized carbons (Fsp3) is 0.462. The van der Waals surface area contributed by atoms with E-state index in [1.165, 1.54) is 18.2 Å². The van der Waals surface area contributed by atoms with Crippen LogP contribution in [-0.2, 0) is 16.0 Å². The third-order valence-electron chi connectivity index (χ3n) is 2.52. The summed E-state index contributed by atoms with van der Waals surface area (Å²) in [6.07, 6.45) is 0.474. The highest BCUT2D eigenvalue weighted by Gasteiger charge is 2.09. The number of hydrogen-bond acceptors (Lipinski definition) is 2. The zero-order valence-corrected chi connectivity index (χ0v) is 10.1. The van der Waals surface area contributed by atoms with Crippen molar-refractivity contribution in [2.45, 2.75) is 26.4 Å². The molecule has 1 amide bonds. The van der Waals surface area contributed by atoms with Crippen LogP contribution in [0, 0.1) is 6.92 Å². The van der Waals surface area contributed by atoms with Crippen molar-refractivity contribution in [3.63, 3.8) is 0 Å². The summed E-state index contributed by atoms with van der Waals surface area (Å²) in [6.45, 7) is 4.45. The molecular weight excluding hydrogens is 202 g/mol. The van der Waals surface area contributed by atoms with Gasteiger partial charge in [0.05, 0.1) is 0 Å². The van der Waals surface area contributed by atoms with Crippen molar-refractivity contribution in [1.82, 2.24) is 5.32 Å². The Morgan fingerprint density at radius 3 is 2.88 bits per heavy atom. The predicted octanol–water partition coefficient (Wildman–Crippen LogP) is 1.69. The zero-order valence-electron chi connectivity index (χ0n) is 10.1. The molecular formula is C13H19NO2. The third-order valence-corrected chi connectivity index (χ3v) is 2.52. The van der Waals surface area contributed by atoms with E-state index < -0.39 is 0 Å². The number of methoxy groups -OCH3 is 1. The van der Waals surface area contributed by atoms with Crippen LogP contribution in [0.1, 0.15) is 18.1 Å². The highest BCUT2D eigenvalue weighted by Crippen LogP contribution is 2.03. The minimum Gasteiger partial charge on any atom is -0.372 e. The topological polar surface area (TPSA) is 38.3 Å². The zero-order chi connectivity index (χ0) is 12.0. The van der Waals surface area contributed by atoms with E-state index in [0.717, 1.165) is 6.42 Å². The molecule has 0 aliphatic rings. The molecule has 1 rings (SSSR count). The first-order chi connectivity index (χ1) is 7.63. The van der Waals surface area contributed by atoms with E-state index in [9.17, 15) is 4.79 Å². The molecule has 0 spiro atoms. The molecule has 0 aliphatic carbocycles. The van der Waals surface area contributed by atoms with Crippen LogP contribution < -0.4 is 5.32 Å². The second-order valence-electron chi connectivity index (χ2n) is 3.91. The number of carbonyl (C=O) groups is 1. The van der Waals surface area contributed by atoms with E-state index in [4.69, 9.17) is 4.74 Å². The molecule has 0 fully saturated rings. The fourth-order valence-corrected chi connectivity index (χ4v) is 1.45. The smallest absolute Gasteiger partial charge is 0.248 e. The van der Waals surface area contributed by atoms with Crippen molar-refractivity contribution >= 4 is 5.91 Å². The maximum absolute atomic E-state index is 11.4. The Labute approximate surface area is 96.8 Å². The summed E-state index contributed by atoms with van der Waals surface area (Å²) in [5.41, 5.74) is 2.49. The molecule has 3 heteroatoms. The minimum atomic E-state index is -0.377. The first kappa shape index (κ1) is 12.7. The molecule has 0 heterocycles. The number of ether oxygens (including phenoxy) is 1. The Morgan fingerprint density at radius 2 is 2.25 bits per heavy atom. The Balaban J connectivity index is 2.33. The molecule has 1 N–H and O–H groups in total. The van der Waals surface area contributed by atoms with Crippen molar-refractivity contribution in [3.05, 3.63) is 35.4 Å². The average molecular weight is 221 g/mol. The van der Waals surface area contributed by atoms with E-state index in [-0.39, 0.29) is 12.0 Å². The Kier molecular flexibility index (Phi) is 4.99. The molecule has 0 bridgehead atoms. The monoisotopic (exact) mass is 221 g/mol. The molecule has 1 aromatic carbocycles. The summed E-state index contributed by atoms with van der Waals surface area (Å²) in [5.74, 6) is -0.0600. The van der Waals surface area contributed by atoms with E-state index in [1.807, 2.05) is 6.07 Å². The molecule has 0 radical (unpaired) electrons. The molecule has 16 heavy (non-hydrogen) atoms. The molecule has 0 aliphatic heterocycles. The van der Waals surface area contributed by atoms with E-state index in [0.29, 0.717) is 6.54 Å². The molecule has 0 saturated heterocycles. The number of benzene rings is 1. The first-order valence-corrected chi connectivity index (χ1v) is 5.49. The van der Waals surface area contributed by atoms with Crippen LogP contribution in [0.4, 0.5) is 0 Å². The Bertz CT molecular complexity index is 350. The van der Waals surface area contributed by atoms with Gasteiger partial charge in [0.15, 0.2) is 0 Å². The quantitative estimate of drug-likeness (QED) is 0.821. The number of nitrogens with one attached hydrogen (secondary N) is 1. The molecule has 1 aromatic rings. The van der Waals surface area contributed by atoms with Gasteiger partial charge in [-0.25, -0.2) is 0 Å². The van der Waals surface area contributed by atoms with Crippen molar-refractivity contribution in [1.29, 1.82) is 0 Å². The first-order valence-electron chi connectivity index (χ1n) is 5.49. The lowest BCUT2D eigenvalue weighted by atomic mass is 10.1. The van der Waals surface area contributed by atoms with Gasteiger partial charge in [-0.15, -0.1) is 0 Å². The molecule has 88 valence electrons. The van der Waals surface area contributed by atoms with Crippen molar-refractivity contribution in [3.8, 4) is 0 Å².